The maximum Gasteiger partial charge on any atom is 0.418 e. The van der Waals surface area contributed by atoms with Gasteiger partial charge in [-0.2, -0.15) is 49.7 Å². The molecule has 32 heteroatoms. The molecule has 13 heterocycles. The van der Waals surface area contributed by atoms with Crippen LogP contribution in [0.3, 0.4) is 0 Å². The van der Waals surface area contributed by atoms with Crippen LogP contribution >= 0.6 is 0 Å². The second-order valence-corrected chi connectivity index (χ2v) is 31.5. The number of nitrogen functional groups attached to an aromatic ring is 1. The molecular formula is C100H64F12N16O4. The number of para-hydroxylation sites is 1. The molecule has 12 aromatic heterocycles. The summed E-state index contributed by atoms with van der Waals surface area (Å²) in [6.45, 7) is 1.84. The van der Waals surface area contributed by atoms with E-state index in [0.29, 0.717) is 78.4 Å². The van der Waals surface area contributed by atoms with Gasteiger partial charge < -0.3 is 5.73 Å². The van der Waals surface area contributed by atoms with Crippen molar-refractivity contribution in [3.63, 3.8) is 0 Å². The average Bonchev–Trinajstić information content (AvgIpc) is 0.912. The molecule has 20 nitrogen and oxygen atoms in total. The average molecular weight is 1780 g/mol. The first-order valence-electron chi connectivity index (χ1n) is 40.6. The number of aryl methyl sites for hydroxylation is 2. The molecule has 1 aliphatic rings. The van der Waals surface area contributed by atoms with Crippen LogP contribution in [0.2, 0.25) is 0 Å². The van der Waals surface area contributed by atoms with E-state index in [2.05, 4.69) is 82.4 Å². The van der Waals surface area contributed by atoms with Crippen LogP contribution < -0.4 is 28.0 Å². The van der Waals surface area contributed by atoms with E-state index >= 15 is 0 Å². The van der Waals surface area contributed by atoms with Gasteiger partial charge in [-0.05, 0) is 204 Å². The summed E-state index contributed by atoms with van der Waals surface area (Å²) in [5.41, 5.74) is 13.4. The Hall–Kier alpha value is -16.6. The minimum Gasteiger partial charge on any atom is -0.384 e. The van der Waals surface area contributed by atoms with Gasteiger partial charge in [0.25, 0.3) is 22.2 Å². The fraction of sp³-hybridized carbons (Fsp3) is 0.0800. The third kappa shape index (κ3) is 16.2. The van der Waals surface area contributed by atoms with Crippen LogP contribution in [0.4, 0.5) is 58.5 Å². The number of anilines is 1. The predicted octanol–water partition coefficient (Wildman–Crippen LogP) is 21.2. The lowest BCUT2D eigenvalue weighted by atomic mass is 10.0. The van der Waals surface area contributed by atoms with Gasteiger partial charge in [0, 0.05) is 177 Å². The van der Waals surface area contributed by atoms with E-state index in [0.717, 1.165) is 147 Å². The van der Waals surface area contributed by atoms with Crippen LogP contribution in [0.15, 0.2) is 318 Å². The minimum atomic E-state index is -4.87. The molecule has 0 atom stereocenters. The molecule has 0 aliphatic carbocycles. The number of halogens is 12. The largest absolute Gasteiger partial charge is 0.418 e. The van der Waals surface area contributed by atoms with Crippen molar-refractivity contribution in [3.8, 4) is 67.3 Å². The highest BCUT2D eigenvalue weighted by atomic mass is 19.4. The van der Waals surface area contributed by atoms with Crippen LogP contribution in [-0.4, -0.2) is 79.7 Å². The quantitative estimate of drug-likeness (QED) is 0.110. The van der Waals surface area contributed by atoms with Gasteiger partial charge in [0.05, 0.1) is 95.8 Å². The Morgan fingerprint density at radius 2 is 0.652 bits per heavy atom. The SMILES string of the molecule is CN1Cc2ccc(-n3c(=O)ccc4cnc5ccc(-c6cnn(C)c6)cc5c43)cc2C1.Cn1cc(-c2ccc3ncc4ccc(=O)n(-c5ccc(F)cc5C(F)(F)F)c4c3c2)cn1.Nc1ccc(-c2ccc3ncc4ccc(=O)n(-c5ccc(F)cc5C(F)(F)F)c4c3c2)cn1.O=c1ccc2cnc3ccc(-c4cnc5ccccc5c4)cc3c2n1-c1ccc(F)cc1C(F)(F)F. The second kappa shape index (κ2) is 33.2. The number of hydrogen-bond donors (Lipinski definition) is 1. The van der Waals surface area contributed by atoms with E-state index in [1.807, 2.05) is 84.8 Å². The van der Waals surface area contributed by atoms with Crippen molar-refractivity contribution in [2.45, 2.75) is 31.6 Å². The molecule has 0 amide bonds. The number of nitrogens with zero attached hydrogens (tertiary/aromatic N) is 15. The molecule has 21 aromatic rings. The third-order valence-electron chi connectivity index (χ3n) is 22.8. The lowest BCUT2D eigenvalue weighted by molar-refractivity contribution is -0.138. The van der Waals surface area contributed by atoms with Gasteiger partial charge >= 0.3 is 18.5 Å². The molecule has 0 bridgehead atoms. The van der Waals surface area contributed by atoms with Crippen molar-refractivity contribution in [1.29, 1.82) is 0 Å². The van der Waals surface area contributed by atoms with Gasteiger partial charge in [0.2, 0.25) is 0 Å². The van der Waals surface area contributed by atoms with Gasteiger partial charge in [-0.15, -0.1) is 0 Å². The smallest absolute Gasteiger partial charge is 0.384 e. The first-order chi connectivity index (χ1) is 63.3. The minimum absolute atomic E-state index is 0.0434. The van der Waals surface area contributed by atoms with Crippen molar-refractivity contribution in [2.75, 3.05) is 12.8 Å². The fourth-order valence-electron chi connectivity index (χ4n) is 16.8. The number of aromatic nitrogens is 14. The summed E-state index contributed by atoms with van der Waals surface area (Å²) in [6.07, 6.45) is 2.32. The van der Waals surface area contributed by atoms with Crippen LogP contribution in [0.1, 0.15) is 27.8 Å². The number of rotatable bonds is 8. The number of pyridine rings is 10. The highest BCUT2D eigenvalue weighted by molar-refractivity contribution is 6.09. The highest BCUT2D eigenvalue weighted by Gasteiger charge is 2.38. The number of nitrogens with two attached hydrogens (primary N) is 1. The van der Waals surface area contributed by atoms with E-state index in [1.54, 1.807) is 102 Å². The summed E-state index contributed by atoms with van der Waals surface area (Å²) in [4.78, 5) is 80.6. The van der Waals surface area contributed by atoms with E-state index < -0.39 is 86.4 Å². The molecule has 652 valence electrons. The van der Waals surface area contributed by atoms with E-state index in [9.17, 15) is 71.9 Å². The molecule has 0 saturated heterocycles. The number of alkyl halides is 9. The van der Waals surface area contributed by atoms with Crippen LogP contribution in [0.25, 0.3) is 165 Å². The van der Waals surface area contributed by atoms with Crippen LogP contribution in [0.5, 0.6) is 0 Å². The molecular weight excluding hydrogens is 1720 g/mol. The predicted molar refractivity (Wildman–Crippen MR) is 482 cm³/mol. The monoisotopic (exact) mass is 1780 g/mol. The van der Waals surface area contributed by atoms with E-state index in [4.69, 9.17) is 5.73 Å². The maximum atomic E-state index is 13.9. The summed E-state index contributed by atoms with van der Waals surface area (Å²) in [6, 6.07) is 59.7. The summed E-state index contributed by atoms with van der Waals surface area (Å²) >= 11 is 0. The van der Waals surface area contributed by atoms with E-state index in [-0.39, 0.29) is 22.1 Å². The number of fused-ring (bicyclic) bond motifs is 14. The van der Waals surface area contributed by atoms with Crippen LogP contribution in [0, 0.1) is 17.5 Å². The Morgan fingerprint density at radius 3 is 1.04 bits per heavy atom. The Kier molecular flexibility index (Phi) is 21.3. The Bertz CT molecular complexity index is 8560. The van der Waals surface area contributed by atoms with Gasteiger partial charge in [-0.1, -0.05) is 48.5 Å². The zero-order chi connectivity index (χ0) is 92.1. The molecule has 0 unspecified atom stereocenters. The summed E-state index contributed by atoms with van der Waals surface area (Å²) in [5, 5.41) is 14.1. The summed E-state index contributed by atoms with van der Waals surface area (Å²) in [5.74, 6) is -2.79. The number of hydrogen-bond acceptors (Lipinski definition) is 14. The lowest BCUT2D eigenvalue weighted by Crippen LogP contribution is -2.21. The molecule has 0 spiro atoms. The first kappa shape index (κ1) is 84.8. The third-order valence-corrected chi connectivity index (χ3v) is 22.8. The molecule has 9 aromatic carbocycles. The fourth-order valence-corrected chi connectivity index (χ4v) is 16.8. The maximum absolute atomic E-state index is 13.9. The van der Waals surface area contributed by atoms with Gasteiger partial charge in [-0.25, -0.2) is 18.2 Å². The van der Waals surface area contributed by atoms with Gasteiger partial charge in [0.15, 0.2) is 0 Å². The van der Waals surface area contributed by atoms with Crippen molar-refractivity contribution in [2.24, 2.45) is 14.1 Å². The van der Waals surface area contributed by atoms with Crippen molar-refractivity contribution >= 4 is 104 Å². The lowest BCUT2D eigenvalue weighted by Gasteiger charge is -2.18. The Balaban J connectivity index is 0.000000114. The van der Waals surface area contributed by atoms with Crippen molar-refractivity contribution in [1.82, 2.24) is 72.6 Å². The summed E-state index contributed by atoms with van der Waals surface area (Å²) < 4.78 is 174. The zero-order valence-corrected chi connectivity index (χ0v) is 69.2. The number of benzene rings is 9. The molecule has 22 rings (SSSR count). The van der Waals surface area contributed by atoms with Gasteiger partial charge in [-0.3, -0.25) is 76.6 Å². The van der Waals surface area contributed by atoms with Gasteiger partial charge in [0.1, 0.15) is 23.3 Å². The second-order valence-electron chi connectivity index (χ2n) is 31.5. The molecule has 2 N–H and O–H groups in total. The Labute approximate surface area is 736 Å². The van der Waals surface area contributed by atoms with Crippen LogP contribution in [-0.2, 0) is 45.7 Å². The Morgan fingerprint density at radius 1 is 0.295 bits per heavy atom. The molecule has 1 aliphatic heterocycles. The topological polar surface area (TPSA) is 230 Å². The first-order valence-corrected chi connectivity index (χ1v) is 40.6. The van der Waals surface area contributed by atoms with Crippen molar-refractivity contribution < 1.29 is 52.7 Å². The van der Waals surface area contributed by atoms with E-state index in [1.165, 1.54) is 60.0 Å². The van der Waals surface area contributed by atoms with Crippen molar-refractivity contribution in [3.05, 3.63) is 385 Å². The molecule has 132 heavy (non-hydrogen) atoms. The normalized spacial score (nSPS) is 12.4. The standard InChI is InChI=1S/C28H15F4N3O.C25H21N5O.C24H14F4N4O.C23H14F4N4O/c29-20-7-9-25(22(13-20)28(30,31)32)35-26(36)10-6-18-14-34-24-8-5-16(12-21(24)27(18)35)19-11-17-3-1-2-4-23(17)33-15-19;1-28-13-18-3-6-21(9-19(18)14-28)30-24(31)8-5-17-11-26-23-7-4-16(10-22(23)25(17)30)20-12-27-29(2)15-20;25-16-4-6-20(18(10-16)24(26,27)28)32-22(33)8-3-15-12-30-19-5-1-13(9-17(19)23(15)32)14-2-7-21(29)31-11-14;1-30-12-15(11-29-30)13-2-5-19-17(8-13)22-14(10-28-19)3-7-21(32)31(22)20-6-4-16(24)9-18(20)23(25,26)27/h1-15H;3-12,15H,13-14H2,1-2H3;1-12H,(H2,29,31);2-12H,1H3. The molecule has 0 saturated carbocycles. The zero-order valence-electron chi connectivity index (χ0n) is 69.2. The molecule has 0 radical (unpaired) electrons. The molecule has 0 fully saturated rings. The highest BCUT2D eigenvalue weighted by Crippen LogP contribution is 2.43. The summed E-state index contributed by atoms with van der Waals surface area (Å²) in [7, 11) is 5.79.